The number of rotatable bonds is 9. The van der Waals surface area contributed by atoms with Crippen LogP contribution in [0.5, 0.6) is 0 Å². The molecule has 0 radical (unpaired) electrons. The van der Waals surface area contributed by atoms with Gasteiger partial charge in [-0.05, 0) is 6.42 Å². The average Bonchev–Trinajstić information content (AvgIpc) is 2.25. The third kappa shape index (κ3) is 26.8. The zero-order valence-electron chi connectivity index (χ0n) is 13.6. The Morgan fingerprint density at radius 2 is 1.37 bits per heavy atom. The van der Waals surface area contributed by atoms with Crippen LogP contribution < -0.4 is 10.8 Å². The Morgan fingerprint density at radius 3 is 1.74 bits per heavy atom. The molecule has 0 aromatic carbocycles. The van der Waals surface area contributed by atoms with Crippen molar-refractivity contribution in [2.45, 2.75) is 64.3 Å². The van der Waals surface area contributed by atoms with Crippen molar-refractivity contribution in [3.8, 4) is 0 Å². The molecule has 0 aliphatic heterocycles. The second-order valence-electron chi connectivity index (χ2n) is 6.52. The van der Waals surface area contributed by atoms with Gasteiger partial charge in [0.15, 0.2) is 0 Å². The van der Waals surface area contributed by atoms with Crippen LogP contribution in [0.15, 0.2) is 0 Å². The molecule has 0 spiro atoms. The number of nitrogens with zero attached hydrogens (tertiary/aromatic N) is 1. The van der Waals surface area contributed by atoms with E-state index in [0.29, 0.717) is 6.42 Å². The van der Waals surface area contributed by atoms with E-state index in [-0.39, 0.29) is 0 Å². The highest BCUT2D eigenvalue weighted by atomic mass is 16.4. The molecule has 116 valence electrons. The zero-order chi connectivity index (χ0) is 15.3. The third-order valence-corrected chi connectivity index (χ3v) is 2.42. The average molecular weight is 274 g/mol. The minimum absolute atomic E-state index is 0.552. The van der Waals surface area contributed by atoms with Crippen molar-refractivity contribution in [1.29, 1.82) is 0 Å². The predicted molar refractivity (Wildman–Crippen MR) is 79.5 cm³/mol. The van der Waals surface area contributed by atoms with Gasteiger partial charge in [0.1, 0.15) is 0 Å². The Labute approximate surface area is 119 Å². The number of unbranched alkanes of at least 4 members (excludes halogenated alkanes) is 6. The smallest absolute Gasteiger partial charge is 0.0675 e. The van der Waals surface area contributed by atoms with E-state index in [1.807, 2.05) is 0 Å². The van der Waals surface area contributed by atoms with E-state index in [4.69, 9.17) is 5.73 Å². The van der Waals surface area contributed by atoms with Crippen LogP contribution in [0.2, 0.25) is 0 Å². The second kappa shape index (κ2) is 12.4. The fourth-order valence-corrected chi connectivity index (χ4v) is 1.44. The Bertz CT molecular complexity index is 207. The van der Waals surface area contributed by atoms with Crippen molar-refractivity contribution in [3.05, 3.63) is 0 Å². The van der Waals surface area contributed by atoms with Crippen molar-refractivity contribution in [3.63, 3.8) is 0 Å². The monoisotopic (exact) mass is 274 g/mol. The summed E-state index contributed by atoms with van der Waals surface area (Å²) in [6, 6.07) is -0.773. The van der Waals surface area contributed by atoms with Gasteiger partial charge in [0.25, 0.3) is 0 Å². The van der Waals surface area contributed by atoms with Crippen molar-refractivity contribution in [2.75, 3.05) is 28.2 Å². The van der Waals surface area contributed by atoms with Crippen molar-refractivity contribution in [1.82, 2.24) is 0 Å². The van der Waals surface area contributed by atoms with Crippen LogP contribution in [0, 0.1) is 0 Å². The summed E-state index contributed by atoms with van der Waals surface area (Å²) in [6.07, 6.45) is 8.85. The topological polar surface area (TPSA) is 66.2 Å². The van der Waals surface area contributed by atoms with Gasteiger partial charge < -0.3 is 20.1 Å². The maximum Gasteiger partial charge on any atom is 0.0675 e. The largest absolute Gasteiger partial charge is 0.548 e. The summed E-state index contributed by atoms with van der Waals surface area (Å²) < 4.78 is 1.00. The molecule has 0 fully saturated rings. The van der Waals surface area contributed by atoms with Crippen molar-refractivity contribution < 1.29 is 14.4 Å². The molecule has 0 aliphatic rings. The number of quaternary nitrogens is 1. The number of hydrogen-bond acceptors (Lipinski definition) is 3. The first-order chi connectivity index (χ1) is 8.68. The highest BCUT2D eigenvalue weighted by Gasteiger charge is 2.01. The van der Waals surface area contributed by atoms with E-state index in [0.717, 1.165) is 17.3 Å². The van der Waals surface area contributed by atoms with Gasteiger partial charge in [-0.1, -0.05) is 51.9 Å². The van der Waals surface area contributed by atoms with E-state index in [1.54, 1.807) is 0 Å². The second-order valence-corrected chi connectivity index (χ2v) is 6.52. The molecule has 19 heavy (non-hydrogen) atoms. The molecule has 1 atom stereocenters. The Kier molecular flexibility index (Phi) is 13.5. The lowest BCUT2D eigenvalue weighted by molar-refractivity contribution is -0.849. The van der Waals surface area contributed by atoms with Crippen LogP contribution in [0.1, 0.15) is 58.3 Å². The predicted octanol–water partition coefficient (Wildman–Crippen LogP) is 1.53. The quantitative estimate of drug-likeness (QED) is 0.512. The van der Waals surface area contributed by atoms with E-state index in [1.165, 1.54) is 32.1 Å². The first-order valence-corrected chi connectivity index (χ1v) is 7.43. The molecule has 4 heteroatoms. The summed E-state index contributed by atoms with van der Waals surface area (Å²) in [6.45, 7) is 2.19. The number of carboxylic acid groups (broad SMARTS) is 1. The molecular formula is C15H34N2O2. The number of hydrogen-bond donors (Lipinski definition) is 1. The minimum atomic E-state index is -1.13. The normalized spacial score (nSPS) is 12.5. The zero-order valence-corrected chi connectivity index (χ0v) is 13.6. The van der Waals surface area contributed by atoms with Crippen LogP contribution >= 0.6 is 0 Å². The van der Waals surface area contributed by atoms with Gasteiger partial charge in [-0.2, -0.15) is 0 Å². The summed E-state index contributed by atoms with van der Waals surface area (Å²) >= 11 is 0. The maximum absolute atomic E-state index is 10.3. The molecule has 0 aromatic rings. The van der Waals surface area contributed by atoms with E-state index < -0.39 is 12.0 Å². The molecule has 4 nitrogen and oxygen atoms in total. The van der Waals surface area contributed by atoms with Crippen molar-refractivity contribution >= 4 is 5.97 Å². The first-order valence-electron chi connectivity index (χ1n) is 7.43. The van der Waals surface area contributed by atoms with Gasteiger partial charge in [-0.25, -0.2) is 0 Å². The summed E-state index contributed by atoms with van der Waals surface area (Å²) in [5.41, 5.74) is 5.32. The SMILES string of the molecule is CCCCCCCCCC(N)C(=O)[O-].C[N+](C)(C)C. The molecule has 0 aliphatic carbocycles. The van der Waals surface area contributed by atoms with Gasteiger partial charge >= 0.3 is 0 Å². The van der Waals surface area contributed by atoms with Crippen LogP contribution in [0.4, 0.5) is 0 Å². The van der Waals surface area contributed by atoms with Gasteiger partial charge in [-0.15, -0.1) is 0 Å². The Morgan fingerprint density at radius 1 is 1.00 bits per heavy atom. The van der Waals surface area contributed by atoms with Crippen LogP contribution in [-0.2, 0) is 4.79 Å². The lowest BCUT2D eigenvalue weighted by Gasteiger charge is -2.14. The summed E-state index contributed by atoms with van der Waals surface area (Å²) in [5.74, 6) is -1.13. The third-order valence-electron chi connectivity index (χ3n) is 2.42. The fourth-order valence-electron chi connectivity index (χ4n) is 1.44. The van der Waals surface area contributed by atoms with E-state index in [2.05, 4.69) is 35.1 Å². The highest BCUT2D eigenvalue weighted by molar-refractivity contribution is 5.70. The number of nitrogens with two attached hydrogens (primary N) is 1. The van der Waals surface area contributed by atoms with Gasteiger partial charge in [0.05, 0.1) is 34.2 Å². The molecule has 2 N–H and O–H groups in total. The minimum Gasteiger partial charge on any atom is -0.548 e. The number of carboxylic acids is 1. The molecule has 1 unspecified atom stereocenters. The maximum atomic E-state index is 10.3. The molecule has 0 rings (SSSR count). The standard InChI is InChI=1S/C11H23NO2.C4H12N/c1-2-3-4-5-6-7-8-9-10(12)11(13)14;1-5(2,3)4/h10H,2-9,12H2,1H3,(H,13,14);1-4H3/q;+1/p-1. The summed E-state index contributed by atoms with van der Waals surface area (Å²) in [4.78, 5) is 10.3. The number of aliphatic carboxylic acids is 1. The molecule has 0 aromatic heterocycles. The molecular weight excluding hydrogens is 240 g/mol. The first kappa shape index (κ1) is 20.7. The number of carbonyl (C=O) groups excluding carboxylic acids is 1. The molecule has 0 saturated heterocycles. The van der Waals surface area contributed by atoms with Crippen LogP contribution in [0.3, 0.4) is 0 Å². The number of carbonyl (C=O) groups is 1. The molecule has 0 saturated carbocycles. The Hall–Kier alpha value is -0.610. The molecule has 0 amide bonds. The van der Waals surface area contributed by atoms with Gasteiger partial charge in [0.2, 0.25) is 0 Å². The lowest BCUT2D eigenvalue weighted by Crippen LogP contribution is -2.41. The van der Waals surface area contributed by atoms with E-state index >= 15 is 0 Å². The fraction of sp³-hybridized carbons (Fsp3) is 0.933. The van der Waals surface area contributed by atoms with Crippen molar-refractivity contribution in [2.24, 2.45) is 5.73 Å². The van der Waals surface area contributed by atoms with Crippen LogP contribution in [0.25, 0.3) is 0 Å². The highest BCUT2D eigenvalue weighted by Crippen LogP contribution is 2.08. The molecule has 0 heterocycles. The Balaban J connectivity index is 0. The van der Waals surface area contributed by atoms with Gasteiger partial charge in [0, 0.05) is 6.04 Å². The summed E-state index contributed by atoms with van der Waals surface area (Å²) in [5, 5.41) is 10.3. The molecule has 0 bridgehead atoms. The van der Waals surface area contributed by atoms with Crippen LogP contribution in [-0.4, -0.2) is 44.7 Å². The van der Waals surface area contributed by atoms with E-state index in [9.17, 15) is 9.90 Å². The van der Waals surface area contributed by atoms with Gasteiger partial charge in [-0.3, -0.25) is 0 Å². The summed E-state index contributed by atoms with van der Waals surface area (Å²) in [7, 11) is 8.50. The lowest BCUT2D eigenvalue weighted by atomic mass is 10.1.